The number of methoxy groups -OCH3 is 2. The number of nitrogens with one attached hydrogen (secondary N) is 1. The van der Waals surface area contributed by atoms with Crippen molar-refractivity contribution >= 4 is 34.7 Å². The maximum atomic E-state index is 13.4. The Morgan fingerprint density at radius 2 is 1.69 bits per heavy atom. The molecule has 2 amide bonds. The summed E-state index contributed by atoms with van der Waals surface area (Å²) in [5.74, 6) is -1.34. The number of aliphatic hydroxyl groups excluding tert-OH is 1. The van der Waals surface area contributed by atoms with Crippen molar-refractivity contribution < 1.29 is 29.0 Å². The lowest BCUT2D eigenvalue weighted by atomic mass is 9.94. The average molecular weight is 472 g/mol. The molecule has 0 saturated carbocycles. The molecule has 3 aromatic rings. The number of hydrogen-bond acceptors (Lipinski definition) is 6. The van der Waals surface area contributed by atoms with Crippen LogP contribution in [-0.2, 0) is 14.4 Å². The van der Waals surface area contributed by atoms with Crippen LogP contribution in [0.15, 0.2) is 78.4 Å². The van der Waals surface area contributed by atoms with Gasteiger partial charge in [-0.25, -0.2) is 0 Å². The molecule has 4 rings (SSSR count). The monoisotopic (exact) mass is 472 g/mol. The van der Waals surface area contributed by atoms with Gasteiger partial charge >= 0.3 is 0 Å². The molecule has 0 aliphatic carbocycles. The number of rotatable bonds is 6. The fourth-order valence-electron chi connectivity index (χ4n) is 4.15. The van der Waals surface area contributed by atoms with Crippen molar-refractivity contribution in [2.45, 2.75) is 13.0 Å². The molecule has 2 N–H and O–H groups in total. The van der Waals surface area contributed by atoms with E-state index < -0.39 is 17.7 Å². The van der Waals surface area contributed by atoms with E-state index in [2.05, 4.69) is 5.32 Å². The lowest BCUT2D eigenvalue weighted by molar-refractivity contribution is -0.132. The van der Waals surface area contributed by atoms with E-state index in [1.807, 2.05) is 0 Å². The number of hydrogen-bond donors (Lipinski definition) is 2. The molecule has 0 aromatic heterocycles. The highest BCUT2D eigenvalue weighted by molar-refractivity contribution is 6.51. The van der Waals surface area contributed by atoms with Gasteiger partial charge in [-0.3, -0.25) is 19.3 Å². The molecule has 1 unspecified atom stereocenters. The summed E-state index contributed by atoms with van der Waals surface area (Å²) in [6.07, 6.45) is 0. The largest absolute Gasteiger partial charge is 0.507 e. The third kappa shape index (κ3) is 4.46. The van der Waals surface area contributed by atoms with Gasteiger partial charge in [0.15, 0.2) is 0 Å². The molecule has 3 aromatic carbocycles. The molecule has 0 radical (unpaired) electrons. The van der Waals surface area contributed by atoms with E-state index in [9.17, 15) is 19.5 Å². The van der Waals surface area contributed by atoms with E-state index in [1.165, 1.54) is 26.0 Å². The van der Waals surface area contributed by atoms with Crippen LogP contribution in [0, 0.1) is 0 Å². The Labute approximate surface area is 202 Å². The van der Waals surface area contributed by atoms with E-state index in [0.29, 0.717) is 34.0 Å². The molecule has 178 valence electrons. The van der Waals surface area contributed by atoms with Crippen LogP contribution in [-0.4, -0.2) is 36.9 Å². The summed E-state index contributed by atoms with van der Waals surface area (Å²) in [7, 11) is 2.99. The quantitative estimate of drug-likeness (QED) is 0.315. The maximum Gasteiger partial charge on any atom is 0.300 e. The minimum absolute atomic E-state index is 0.0855. The van der Waals surface area contributed by atoms with Crippen LogP contribution < -0.4 is 19.7 Å². The molecule has 1 atom stereocenters. The Morgan fingerprint density at radius 3 is 2.40 bits per heavy atom. The summed E-state index contributed by atoms with van der Waals surface area (Å²) in [5, 5.41) is 14.0. The number of aliphatic hydroxyl groups is 1. The van der Waals surface area contributed by atoms with Crippen molar-refractivity contribution in [3.05, 3.63) is 89.5 Å². The highest BCUT2D eigenvalue weighted by Gasteiger charge is 2.48. The van der Waals surface area contributed by atoms with Crippen molar-refractivity contribution in [1.82, 2.24) is 0 Å². The Morgan fingerprint density at radius 1 is 0.943 bits per heavy atom. The molecule has 8 heteroatoms. The number of carbonyl (C=O) groups excluding carboxylic acids is 3. The number of para-hydroxylation sites is 1. The molecule has 1 saturated heterocycles. The fourth-order valence-corrected chi connectivity index (χ4v) is 4.15. The topological polar surface area (TPSA) is 105 Å². The number of Topliss-reactive ketones (excluding diaryl/α,β-unsaturated/α-hetero) is 1. The van der Waals surface area contributed by atoms with Crippen LogP contribution in [0.25, 0.3) is 5.76 Å². The molecule has 1 fully saturated rings. The summed E-state index contributed by atoms with van der Waals surface area (Å²) in [5.41, 5.74) is 1.60. The van der Waals surface area contributed by atoms with Crippen LogP contribution in [0.3, 0.4) is 0 Å². The van der Waals surface area contributed by atoms with Crippen LogP contribution in [0.5, 0.6) is 11.5 Å². The second-order valence-corrected chi connectivity index (χ2v) is 7.87. The summed E-state index contributed by atoms with van der Waals surface area (Å²) in [6, 6.07) is 19.2. The molecule has 8 nitrogen and oxygen atoms in total. The second-order valence-electron chi connectivity index (χ2n) is 7.87. The molecular weight excluding hydrogens is 448 g/mol. The van der Waals surface area contributed by atoms with Gasteiger partial charge in [0.25, 0.3) is 11.7 Å². The van der Waals surface area contributed by atoms with Crippen LogP contribution in [0.2, 0.25) is 0 Å². The van der Waals surface area contributed by atoms with Gasteiger partial charge in [-0.2, -0.15) is 0 Å². The molecule has 0 spiro atoms. The summed E-state index contributed by atoms with van der Waals surface area (Å²) < 4.78 is 10.8. The number of anilines is 2. The van der Waals surface area contributed by atoms with E-state index in [1.54, 1.807) is 72.8 Å². The van der Waals surface area contributed by atoms with Crippen molar-refractivity contribution in [1.29, 1.82) is 0 Å². The second kappa shape index (κ2) is 9.72. The van der Waals surface area contributed by atoms with Gasteiger partial charge < -0.3 is 19.9 Å². The van der Waals surface area contributed by atoms with Gasteiger partial charge in [0.05, 0.1) is 25.8 Å². The number of benzene rings is 3. The Bertz CT molecular complexity index is 1350. The van der Waals surface area contributed by atoms with E-state index in [-0.39, 0.29) is 17.2 Å². The van der Waals surface area contributed by atoms with Gasteiger partial charge in [-0.05, 0) is 36.4 Å². The first-order chi connectivity index (χ1) is 16.8. The third-order valence-corrected chi connectivity index (χ3v) is 5.67. The van der Waals surface area contributed by atoms with E-state index >= 15 is 0 Å². The number of amides is 2. The first-order valence-electron chi connectivity index (χ1n) is 10.8. The Kier molecular flexibility index (Phi) is 6.55. The van der Waals surface area contributed by atoms with Crippen molar-refractivity contribution in [2.24, 2.45) is 0 Å². The fraction of sp³-hybridized carbons (Fsp3) is 0.148. The molecule has 1 aliphatic heterocycles. The zero-order valence-electron chi connectivity index (χ0n) is 19.4. The van der Waals surface area contributed by atoms with Crippen LogP contribution in [0.1, 0.15) is 24.1 Å². The zero-order valence-corrected chi connectivity index (χ0v) is 19.4. The first-order valence-corrected chi connectivity index (χ1v) is 10.8. The lowest BCUT2D eigenvalue weighted by Crippen LogP contribution is -2.29. The van der Waals surface area contributed by atoms with Crippen molar-refractivity contribution in [3.63, 3.8) is 0 Å². The lowest BCUT2D eigenvalue weighted by Gasteiger charge is -2.27. The van der Waals surface area contributed by atoms with Crippen molar-refractivity contribution in [2.75, 3.05) is 24.4 Å². The highest BCUT2D eigenvalue weighted by Crippen LogP contribution is 2.45. The summed E-state index contributed by atoms with van der Waals surface area (Å²) in [4.78, 5) is 39.6. The van der Waals surface area contributed by atoms with E-state index in [0.717, 1.165) is 0 Å². The molecule has 1 aliphatic rings. The zero-order chi connectivity index (χ0) is 25.1. The van der Waals surface area contributed by atoms with E-state index in [4.69, 9.17) is 9.47 Å². The summed E-state index contributed by atoms with van der Waals surface area (Å²) >= 11 is 0. The Balaban J connectivity index is 1.96. The normalized spacial score (nSPS) is 16.8. The molecule has 0 bridgehead atoms. The molecule has 1 heterocycles. The third-order valence-electron chi connectivity index (χ3n) is 5.67. The van der Waals surface area contributed by atoms with Gasteiger partial charge in [0.2, 0.25) is 5.91 Å². The predicted molar refractivity (Wildman–Crippen MR) is 132 cm³/mol. The minimum Gasteiger partial charge on any atom is -0.507 e. The average Bonchev–Trinajstić information content (AvgIpc) is 3.13. The van der Waals surface area contributed by atoms with Gasteiger partial charge in [-0.15, -0.1) is 0 Å². The predicted octanol–water partition coefficient (Wildman–Crippen LogP) is 4.29. The standard InChI is InChI=1S/C27H24N2O6/c1-16(30)28-18-9-7-10-19(15-18)29-24(21-12-4-5-13-22(21)35-3)23(26(32)27(29)33)25(31)17-8-6-11-20(14-17)34-2/h4-15,24,31H,1-3H3,(H,28,30)/b25-23+. The molecular formula is C27H24N2O6. The number of carbonyl (C=O) groups is 3. The Hall–Kier alpha value is -4.59. The van der Waals surface area contributed by atoms with Crippen LogP contribution >= 0.6 is 0 Å². The number of nitrogens with zero attached hydrogens (tertiary/aromatic N) is 1. The van der Waals surface area contributed by atoms with Gasteiger partial charge in [-0.1, -0.05) is 36.4 Å². The van der Waals surface area contributed by atoms with Crippen LogP contribution in [0.4, 0.5) is 11.4 Å². The SMILES string of the molecule is COc1cccc(/C(O)=C2\C(=O)C(=O)N(c3cccc(NC(C)=O)c3)C2c2ccccc2OC)c1. The number of ether oxygens (including phenoxy) is 2. The molecule has 35 heavy (non-hydrogen) atoms. The first kappa shape index (κ1) is 23.6. The number of ketones is 1. The van der Waals surface area contributed by atoms with Gasteiger partial charge in [0, 0.05) is 29.4 Å². The van der Waals surface area contributed by atoms with Crippen molar-refractivity contribution in [3.8, 4) is 11.5 Å². The summed E-state index contributed by atoms with van der Waals surface area (Å²) in [6.45, 7) is 1.38. The maximum absolute atomic E-state index is 13.4. The smallest absolute Gasteiger partial charge is 0.300 e. The van der Waals surface area contributed by atoms with Gasteiger partial charge in [0.1, 0.15) is 17.3 Å². The minimum atomic E-state index is -0.982. The highest BCUT2D eigenvalue weighted by atomic mass is 16.5.